The van der Waals surface area contributed by atoms with Gasteiger partial charge < -0.3 is 0 Å². The van der Waals surface area contributed by atoms with Gasteiger partial charge in [-0.15, -0.1) is 0 Å². The van der Waals surface area contributed by atoms with Gasteiger partial charge in [-0.3, -0.25) is 15.1 Å². The Kier molecular flexibility index (Phi) is 3.76. The molecule has 0 atom stereocenters. The Morgan fingerprint density at radius 3 is 2.44 bits per heavy atom. The van der Waals surface area contributed by atoms with Crippen LogP contribution in [-0.4, -0.2) is 43.9 Å². The highest BCUT2D eigenvalue weighted by Gasteiger charge is 2.09. The van der Waals surface area contributed by atoms with Crippen molar-refractivity contribution in [2.75, 3.05) is 13.6 Å². The molecule has 0 saturated heterocycles. The summed E-state index contributed by atoms with van der Waals surface area (Å²) >= 11 is 0. The molecular formula is C12H20N6. The van der Waals surface area contributed by atoms with E-state index >= 15 is 0 Å². The van der Waals surface area contributed by atoms with E-state index in [0.29, 0.717) is 0 Å². The first-order valence-electron chi connectivity index (χ1n) is 6.13. The highest BCUT2D eigenvalue weighted by molar-refractivity contribution is 5.23. The molecule has 2 aromatic rings. The third-order valence-electron chi connectivity index (χ3n) is 3.08. The summed E-state index contributed by atoms with van der Waals surface area (Å²) in [4.78, 5) is 6.52. The first-order valence-corrected chi connectivity index (χ1v) is 6.13. The lowest BCUT2D eigenvalue weighted by molar-refractivity contribution is 0.322. The summed E-state index contributed by atoms with van der Waals surface area (Å²) in [5, 5.41) is 14.2. The fraction of sp³-hybridized carbons (Fsp3) is 0.583. The maximum Gasteiger partial charge on any atom is 0.164 e. The van der Waals surface area contributed by atoms with Gasteiger partial charge >= 0.3 is 0 Å². The molecule has 0 radical (unpaired) electrons. The number of aryl methyl sites for hydroxylation is 3. The van der Waals surface area contributed by atoms with Gasteiger partial charge in [0.1, 0.15) is 5.82 Å². The SMILES string of the molecule is Cc1nc(CN(C)CCc2c(C)n[nH]c2C)n[nH]1. The molecule has 0 aliphatic heterocycles. The molecule has 6 nitrogen and oxygen atoms in total. The van der Waals surface area contributed by atoms with Gasteiger partial charge in [-0.05, 0) is 39.8 Å². The van der Waals surface area contributed by atoms with Crippen molar-refractivity contribution < 1.29 is 0 Å². The van der Waals surface area contributed by atoms with Crippen LogP contribution in [0.4, 0.5) is 0 Å². The molecule has 18 heavy (non-hydrogen) atoms. The van der Waals surface area contributed by atoms with Gasteiger partial charge in [-0.25, -0.2) is 4.98 Å². The zero-order chi connectivity index (χ0) is 13.1. The number of hydrogen-bond donors (Lipinski definition) is 2. The standard InChI is InChI=1S/C12H20N6/c1-8-11(9(2)15-14-8)5-6-18(4)7-12-13-10(3)16-17-12/h5-7H2,1-4H3,(H,14,15)(H,13,16,17). The zero-order valence-electron chi connectivity index (χ0n) is 11.4. The van der Waals surface area contributed by atoms with Crippen LogP contribution in [0, 0.1) is 20.8 Å². The number of nitrogens with one attached hydrogen (secondary N) is 2. The fourth-order valence-electron chi connectivity index (χ4n) is 2.03. The van der Waals surface area contributed by atoms with E-state index < -0.39 is 0 Å². The number of nitrogens with zero attached hydrogens (tertiary/aromatic N) is 4. The Balaban J connectivity index is 1.87. The van der Waals surface area contributed by atoms with E-state index in [2.05, 4.69) is 44.3 Å². The van der Waals surface area contributed by atoms with E-state index in [-0.39, 0.29) is 0 Å². The predicted octanol–water partition coefficient (Wildman–Crippen LogP) is 1.13. The smallest absolute Gasteiger partial charge is 0.164 e. The van der Waals surface area contributed by atoms with E-state index in [0.717, 1.165) is 42.5 Å². The first-order chi connectivity index (χ1) is 8.56. The van der Waals surface area contributed by atoms with Crippen LogP contribution in [0.2, 0.25) is 0 Å². The third kappa shape index (κ3) is 2.95. The van der Waals surface area contributed by atoms with E-state index in [1.54, 1.807) is 0 Å². The van der Waals surface area contributed by atoms with Crippen molar-refractivity contribution in [2.24, 2.45) is 0 Å². The lowest BCUT2D eigenvalue weighted by atomic mass is 10.1. The molecule has 2 aromatic heterocycles. The summed E-state index contributed by atoms with van der Waals surface area (Å²) in [7, 11) is 2.08. The van der Waals surface area contributed by atoms with Crippen LogP contribution >= 0.6 is 0 Å². The molecule has 0 bridgehead atoms. The lowest BCUT2D eigenvalue weighted by Crippen LogP contribution is -2.21. The van der Waals surface area contributed by atoms with Gasteiger partial charge in [0.15, 0.2) is 5.82 Å². The van der Waals surface area contributed by atoms with Crippen LogP contribution in [0.15, 0.2) is 0 Å². The average molecular weight is 248 g/mol. The Bertz CT molecular complexity index is 493. The van der Waals surface area contributed by atoms with Crippen LogP contribution < -0.4 is 0 Å². The lowest BCUT2D eigenvalue weighted by Gasteiger charge is -2.14. The molecule has 6 heteroatoms. The van der Waals surface area contributed by atoms with Gasteiger partial charge in [0.25, 0.3) is 0 Å². The summed E-state index contributed by atoms with van der Waals surface area (Å²) in [6.07, 6.45) is 0.994. The summed E-state index contributed by atoms with van der Waals surface area (Å²) < 4.78 is 0. The molecule has 0 fully saturated rings. The number of likely N-dealkylation sites (N-methyl/N-ethyl adjacent to an activating group) is 1. The minimum atomic E-state index is 0.764. The molecule has 0 unspecified atom stereocenters. The number of hydrogen-bond acceptors (Lipinski definition) is 4. The van der Waals surface area contributed by atoms with Crippen LogP contribution in [0.5, 0.6) is 0 Å². The highest BCUT2D eigenvalue weighted by Crippen LogP contribution is 2.10. The summed E-state index contributed by atoms with van der Waals surface area (Å²) in [5.41, 5.74) is 3.57. The van der Waals surface area contributed by atoms with Crippen molar-refractivity contribution in [1.29, 1.82) is 0 Å². The first kappa shape index (κ1) is 12.8. The molecule has 0 amide bonds. The minimum Gasteiger partial charge on any atom is -0.299 e. The van der Waals surface area contributed by atoms with Gasteiger partial charge in [0.2, 0.25) is 0 Å². The second-order valence-corrected chi connectivity index (χ2v) is 4.74. The molecule has 0 aromatic carbocycles. The molecule has 0 spiro atoms. The van der Waals surface area contributed by atoms with Crippen LogP contribution in [0.3, 0.4) is 0 Å². The van der Waals surface area contributed by atoms with Crippen molar-refractivity contribution in [3.8, 4) is 0 Å². The minimum absolute atomic E-state index is 0.764. The Labute approximate surface area is 107 Å². The van der Waals surface area contributed by atoms with Crippen molar-refractivity contribution in [1.82, 2.24) is 30.3 Å². The van der Waals surface area contributed by atoms with Crippen molar-refractivity contribution >= 4 is 0 Å². The molecule has 0 aliphatic rings. The molecule has 2 N–H and O–H groups in total. The average Bonchev–Trinajstić information content (AvgIpc) is 2.84. The zero-order valence-corrected chi connectivity index (χ0v) is 11.4. The number of aromatic amines is 2. The van der Waals surface area contributed by atoms with Crippen molar-refractivity contribution in [3.63, 3.8) is 0 Å². The number of H-pyrrole nitrogens is 2. The van der Waals surface area contributed by atoms with E-state index in [1.165, 1.54) is 5.56 Å². The van der Waals surface area contributed by atoms with E-state index in [9.17, 15) is 0 Å². The summed E-state index contributed by atoms with van der Waals surface area (Å²) in [5.74, 6) is 1.70. The molecule has 0 aliphatic carbocycles. The highest BCUT2D eigenvalue weighted by atomic mass is 15.2. The van der Waals surface area contributed by atoms with Gasteiger partial charge in [0.05, 0.1) is 12.2 Å². The van der Waals surface area contributed by atoms with Crippen molar-refractivity contribution in [2.45, 2.75) is 33.7 Å². The maximum atomic E-state index is 4.30. The number of rotatable bonds is 5. The van der Waals surface area contributed by atoms with Crippen molar-refractivity contribution in [3.05, 3.63) is 28.6 Å². The Hall–Kier alpha value is -1.69. The maximum absolute atomic E-state index is 4.30. The monoisotopic (exact) mass is 248 g/mol. The number of aromatic nitrogens is 5. The second-order valence-electron chi connectivity index (χ2n) is 4.74. The summed E-state index contributed by atoms with van der Waals surface area (Å²) in [6, 6.07) is 0. The topological polar surface area (TPSA) is 73.5 Å². The van der Waals surface area contributed by atoms with Gasteiger partial charge in [-0.1, -0.05) is 0 Å². The third-order valence-corrected chi connectivity index (χ3v) is 3.08. The predicted molar refractivity (Wildman–Crippen MR) is 69.2 cm³/mol. The van der Waals surface area contributed by atoms with Gasteiger partial charge in [-0.2, -0.15) is 10.2 Å². The molecule has 2 heterocycles. The van der Waals surface area contributed by atoms with E-state index in [1.807, 2.05) is 13.8 Å². The van der Waals surface area contributed by atoms with Gasteiger partial charge in [0, 0.05) is 12.2 Å². The fourth-order valence-corrected chi connectivity index (χ4v) is 2.03. The molecule has 98 valence electrons. The normalized spacial score (nSPS) is 11.4. The largest absolute Gasteiger partial charge is 0.299 e. The quantitative estimate of drug-likeness (QED) is 0.832. The van der Waals surface area contributed by atoms with Crippen LogP contribution in [0.1, 0.15) is 28.6 Å². The molecule has 2 rings (SSSR count). The van der Waals surface area contributed by atoms with Crippen LogP contribution in [0.25, 0.3) is 0 Å². The van der Waals surface area contributed by atoms with Crippen LogP contribution in [-0.2, 0) is 13.0 Å². The molecule has 0 saturated carbocycles. The Morgan fingerprint density at radius 2 is 1.89 bits per heavy atom. The summed E-state index contributed by atoms with van der Waals surface area (Å²) in [6.45, 7) is 7.75. The van der Waals surface area contributed by atoms with E-state index in [4.69, 9.17) is 0 Å². The molecular weight excluding hydrogens is 228 g/mol. The Morgan fingerprint density at radius 1 is 1.11 bits per heavy atom. The second kappa shape index (κ2) is 5.30.